The molecule has 24 heavy (non-hydrogen) atoms. The van der Waals surface area contributed by atoms with Crippen LogP contribution in [0.15, 0.2) is 18.3 Å². The standard InChI is InChI=1S/C15H18ClN5O3/c16-10-1-3-12(17-9-10)20-5-7-21(8-6-20)13(22)4-2-11-14(23)19-15(24)18-11/h1,3,9,11H,2,4-8H2,(H2,18,19,23,24). The van der Waals surface area contributed by atoms with Crippen molar-refractivity contribution < 1.29 is 14.4 Å². The molecule has 0 aliphatic carbocycles. The summed E-state index contributed by atoms with van der Waals surface area (Å²) in [6.45, 7) is 2.60. The van der Waals surface area contributed by atoms with E-state index in [9.17, 15) is 14.4 Å². The summed E-state index contributed by atoms with van der Waals surface area (Å²) in [5.41, 5.74) is 0. The smallest absolute Gasteiger partial charge is 0.322 e. The zero-order valence-corrected chi connectivity index (χ0v) is 13.8. The lowest BCUT2D eigenvalue weighted by Crippen LogP contribution is -2.49. The molecule has 9 heteroatoms. The average molecular weight is 352 g/mol. The first kappa shape index (κ1) is 16.5. The van der Waals surface area contributed by atoms with Gasteiger partial charge >= 0.3 is 6.03 Å². The third-order valence-corrected chi connectivity index (χ3v) is 4.40. The van der Waals surface area contributed by atoms with Gasteiger partial charge in [0.15, 0.2) is 0 Å². The highest BCUT2D eigenvalue weighted by molar-refractivity contribution is 6.30. The summed E-state index contributed by atoms with van der Waals surface area (Å²) in [5, 5.41) is 5.25. The summed E-state index contributed by atoms with van der Waals surface area (Å²) in [7, 11) is 0. The monoisotopic (exact) mass is 351 g/mol. The Bertz CT molecular complexity index is 643. The fourth-order valence-electron chi connectivity index (χ4n) is 2.83. The van der Waals surface area contributed by atoms with Gasteiger partial charge < -0.3 is 15.1 Å². The highest BCUT2D eigenvalue weighted by Gasteiger charge is 2.30. The lowest BCUT2D eigenvalue weighted by atomic mass is 10.1. The highest BCUT2D eigenvalue weighted by Crippen LogP contribution is 2.17. The molecule has 2 fully saturated rings. The Morgan fingerprint density at radius 3 is 2.58 bits per heavy atom. The lowest BCUT2D eigenvalue weighted by Gasteiger charge is -2.35. The normalized spacial score (nSPS) is 20.8. The zero-order valence-electron chi connectivity index (χ0n) is 13.0. The van der Waals surface area contributed by atoms with Crippen molar-refractivity contribution in [2.75, 3.05) is 31.1 Å². The predicted octanol–water partition coefficient (Wildman–Crippen LogP) is 0.372. The molecule has 1 aromatic heterocycles. The molecule has 2 saturated heterocycles. The Morgan fingerprint density at radius 2 is 2.00 bits per heavy atom. The second kappa shape index (κ2) is 7.04. The van der Waals surface area contributed by atoms with E-state index < -0.39 is 12.1 Å². The van der Waals surface area contributed by atoms with Crippen molar-refractivity contribution in [2.24, 2.45) is 0 Å². The van der Waals surface area contributed by atoms with Crippen molar-refractivity contribution in [3.8, 4) is 0 Å². The Morgan fingerprint density at radius 1 is 1.25 bits per heavy atom. The van der Waals surface area contributed by atoms with Gasteiger partial charge in [-0.15, -0.1) is 0 Å². The number of pyridine rings is 1. The molecule has 4 amide bonds. The van der Waals surface area contributed by atoms with Crippen molar-refractivity contribution >= 4 is 35.3 Å². The minimum Gasteiger partial charge on any atom is -0.353 e. The van der Waals surface area contributed by atoms with Crippen LogP contribution in [0.1, 0.15) is 12.8 Å². The van der Waals surface area contributed by atoms with Gasteiger partial charge in [0, 0.05) is 38.8 Å². The number of halogens is 1. The van der Waals surface area contributed by atoms with E-state index in [1.165, 1.54) is 0 Å². The van der Waals surface area contributed by atoms with Crippen molar-refractivity contribution in [2.45, 2.75) is 18.9 Å². The molecule has 0 spiro atoms. The number of hydrogen-bond donors (Lipinski definition) is 2. The molecule has 1 atom stereocenters. The predicted molar refractivity (Wildman–Crippen MR) is 87.7 cm³/mol. The molecule has 1 aromatic rings. The first-order valence-electron chi connectivity index (χ1n) is 7.78. The van der Waals surface area contributed by atoms with Crippen molar-refractivity contribution in [1.29, 1.82) is 0 Å². The summed E-state index contributed by atoms with van der Waals surface area (Å²) < 4.78 is 0. The summed E-state index contributed by atoms with van der Waals surface area (Å²) in [5.74, 6) is 0.468. The molecule has 1 unspecified atom stereocenters. The van der Waals surface area contributed by atoms with E-state index in [4.69, 9.17) is 11.6 Å². The highest BCUT2D eigenvalue weighted by atomic mass is 35.5. The number of carbonyl (C=O) groups excluding carboxylic acids is 3. The summed E-state index contributed by atoms with van der Waals surface area (Å²) in [4.78, 5) is 42.9. The minimum atomic E-state index is -0.610. The number of urea groups is 1. The summed E-state index contributed by atoms with van der Waals surface area (Å²) in [6.07, 6.45) is 2.16. The van der Waals surface area contributed by atoms with Crippen LogP contribution in [0.3, 0.4) is 0 Å². The van der Waals surface area contributed by atoms with Gasteiger partial charge in [-0.25, -0.2) is 9.78 Å². The summed E-state index contributed by atoms with van der Waals surface area (Å²) >= 11 is 5.83. The van der Waals surface area contributed by atoms with Crippen LogP contribution in [0.25, 0.3) is 0 Å². The largest absolute Gasteiger partial charge is 0.353 e. The van der Waals surface area contributed by atoms with Crippen molar-refractivity contribution in [3.63, 3.8) is 0 Å². The lowest BCUT2D eigenvalue weighted by molar-refractivity contribution is -0.131. The summed E-state index contributed by atoms with van der Waals surface area (Å²) in [6, 6.07) is 2.55. The Balaban J connectivity index is 1.46. The quantitative estimate of drug-likeness (QED) is 0.764. The van der Waals surface area contributed by atoms with E-state index >= 15 is 0 Å². The molecule has 128 valence electrons. The molecule has 2 aliphatic heterocycles. The maximum Gasteiger partial charge on any atom is 0.322 e. The van der Waals surface area contributed by atoms with Crippen LogP contribution in [0, 0.1) is 0 Å². The maximum absolute atomic E-state index is 12.3. The Kier molecular flexibility index (Phi) is 4.84. The third-order valence-electron chi connectivity index (χ3n) is 4.17. The molecule has 3 heterocycles. The fourth-order valence-corrected chi connectivity index (χ4v) is 2.94. The number of amides is 4. The molecule has 0 saturated carbocycles. The van der Waals surface area contributed by atoms with E-state index in [-0.39, 0.29) is 18.2 Å². The van der Waals surface area contributed by atoms with E-state index in [1.54, 1.807) is 17.2 Å². The fraction of sp³-hybridized carbons (Fsp3) is 0.467. The minimum absolute atomic E-state index is 0.00679. The van der Waals surface area contributed by atoms with Gasteiger partial charge in [0.05, 0.1) is 5.02 Å². The van der Waals surface area contributed by atoms with Crippen LogP contribution >= 0.6 is 11.6 Å². The van der Waals surface area contributed by atoms with Gasteiger partial charge in [0.1, 0.15) is 11.9 Å². The first-order valence-corrected chi connectivity index (χ1v) is 8.16. The van der Waals surface area contributed by atoms with E-state index in [2.05, 4.69) is 20.5 Å². The molecule has 3 rings (SSSR count). The second-order valence-corrected chi connectivity index (χ2v) is 6.19. The molecule has 8 nitrogen and oxygen atoms in total. The third kappa shape index (κ3) is 3.76. The molecular formula is C15H18ClN5O3. The van der Waals surface area contributed by atoms with Gasteiger partial charge in [0.2, 0.25) is 5.91 Å². The Labute approximate surface area is 144 Å². The van der Waals surface area contributed by atoms with E-state index in [1.807, 2.05) is 6.07 Å². The van der Waals surface area contributed by atoms with Crippen molar-refractivity contribution in [3.05, 3.63) is 23.4 Å². The zero-order chi connectivity index (χ0) is 17.1. The second-order valence-electron chi connectivity index (χ2n) is 5.76. The number of rotatable bonds is 4. The number of piperazine rings is 1. The molecule has 2 aliphatic rings. The van der Waals surface area contributed by atoms with Gasteiger partial charge in [-0.3, -0.25) is 14.9 Å². The van der Waals surface area contributed by atoms with E-state index in [0.717, 1.165) is 5.82 Å². The van der Waals surface area contributed by atoms with Gasteiger partial charge in [-0.1, -0.05) is 11.6 Å². The SMILES string of the molecule is O=C1NC(=O)C(CCC(=O)N2CCN(c3ccc(Cl)cn3)CC2)N1. The van der Waals surface area contributed by atoms with Crippen LogP contribution in [0.5, 0.6) is 0 Å². The van der Waals surface area contributed by atoms with Crippen LogP contribution in [-0.2, 0) is 9.59 Å². The van der Waals surface area contributed by atoms with Crippen LogP contribution in [0.2, 0.25) is 5.02 Å². The number of anilines is 1. The number of hydrogen-bond acceptors (Lipinski definition) is 5. The van der Waals surface area contributed by atoms with Gasteiger partial charge in [-0.2, -0.15) is 0 Å². The first-order chi connectivity index (χ1) is 11.5. The Hall–Kier alpha value is -2.35. The van der Waals surface area contributed by atoms with Crippen LogP contribution < -0.4 is 15.5 Å². The number of aromatic nitrogens is 1. The van der Waals surface area contributed by atoms with Gasteiger partial charge in [0.25, 0.3) is 5.91 Å². The van der Waals surface area contributed by atoms with E-state index in [0.29, 0.717) is 37.6 Å². The molecule has 0 aromatic carbocycles. The number of imide groups is 1. The molecule has 0 radical (unpaired) electrons. The number of nitrogens with zero attached hydrogens (tertiary/aromatic N) is 3. The molecule has 2 N–H and O–H groups in total. The number of carbonyl (C=O) groups is 3. The van der Waals surface area contributed by atoms with Crippen LogP contribution in [0.4, 0.5) is 10.6 Å². The van der Waals surface area contributed by atoms with Crippen LogP contribution in [-0.4, -0.2) is 60.0 Å². The maximum atomic E-state index is 12.3. The average Bonchev–Trinajstić information content (AvgIpc) is 2.91. The van der Waals surface area contributed by atoms with Gasteiger partial charge in [-0.05, 0) is 18.6 Å². The van der Waals surface area contributed by atoms with Crippen molar-refractivity contribution in [1.82, 2.24) is 20.5 Å². The topological polar surface area (TPSA) is 94.6 Å². The number of nitrogens with one attached hydrogen (secondary N) is 2. The molecular weight excluding hydrogens is 334 g/mol. The molecule has 0 bridgehead atoms.